The molecule has 0 amide bonds. The maximum atomic E-state index is 4.01. The Bertz CT molecular complexity index is 3040. The molecule has 6 aromatic carbocycles. The van der Waals surface area contributed by atoms with Gasteiger partial charge in [0.2, 0.25) is 0 Å². The van der Waals surface area contributed by atoms with E-state index in [9.17, 15) is 0 Å². The van der Waals surface area contributed by atoms with Gasteiger partial charge in [0, 0.05) is 11.3 Å². The highest BCUT2D eigenvalue weighted by atomic mass is 14.5. The van der Waals surface area contributed by atoms with Gasteiger partial charge in [0.1, 0.15) is 0 Å². The summed E-state index contributed by atoms with van der Waals surface area (Å²) in [6, 6.07) is 50.9. The molecule has 0 saturated heterocycles. The van der Waals surface area contributed by atoms with E-state index in [1.807, 2.05) is 0 Å². The van der Waals surface area contributed by atoms with E-state index < -0.39 is 0 Å². The van der Waals surface area contributed by atoms with Crippen LogP contribution in [0.1, 0.15) is 216 Å². The molecule has 0 fully saturated rings. The quantitative estimate of drug-likeness (QED) is 0.0752. The fourth-order valence-corrected chi connectivity index (χ4v) is 12.4. The van der Waals surface area contributed by atoms with Crippen molar-refractivity contribution in [3.63, 3.8) is 0 Å². The Morgan fingerprint density at radius 2 is 0.987 bits per heavy atom. The van der Waals surface area contributed by atoms with Crippen molar-refractivity contribution < 1.29 is 0 Å². The van der Waals surface area contributed by atoms with Gasteiger partial charge in [-0.15, -0.1) is 6.58 Å². The topological polar surface area (TPSA) is 0 Å². The summed E-state index contributed by atoms with van der Waals surface area (Å²) in [5.41, 5.74) is 25.0. The first-order valence-electron chi connectivity index (χ1n) is 29.9. The molecule has 0 aliphatic heterocycles. The molecule has 6 aromatic rings. The predicted octanol–water partition coefficient (Wildman–Crippen LogP) is 22.4. The number of unbranched alkanes of at least 4 members (excludes halogenated alkanes) is 5. The van der Waals surface area contributed by atoms with Gasteiger partial charge in [0.25, 0.3) is 0 Å². The molecule has 406 valence electrons. The molecular weight excluding hydrogens is 937 g/mol. The van der Waals surface area contributed by atoms with Gasteiger partial charge in [-0.2, -0.15) is 0 Å². The smallest absolute Gasteiger partial charge is 0.0309 e. The lowest BCUT2D eigenvalue weighted by Crippen LogP contribution is -2.35. The maximum Gasteiger partial charge on any atom is 0.0309 e. The summed E-state index contributed by atoms with van der Waals surface area (Å²) in [6.07, 6.45) is 31.2. The van der Waals surface area contributed by atoms with Gasteiger partial charge in [-0.25, -0.2) is 0 Å². The van der Waals surface area contributed by atoms with E-state index in [-0.39, 0.29) is 33.0 Å². The van der Waals surface area contributed by atoms with Crippen molar-refractivity contribution in [3.8, 4) is 22.3 Å². The predicted molar refractivity (Wildman–Crippen MR) is 342 cm³/mol. The van der Waals surface area contributed by atoms with E-state index in [1.54, 1.807) is 0 Å². The molecule has 78 heavy (non-hydrogen) atoms. The molecule has 4 aliphatic carbocycles. The summed E-state index contributed by atoms with van der Waals surface area (Å²) in [5.74, 6) is 0.257. The SMILES string of the molecule is C=CCCCCC(C1=CCC=C1)(c1ccccc1)C1c2cc(C(C)(C)C)ccc2-c2ccc(C(C)(C)C)cc21.CC(C)(C)c1ccc2c(c1)Cc1cc(C(C)(C)C)ccc1-2.CCCCCCC(=C1C=CC=C1)c1ccccc1. The second kappa shape index (κ2) is 24.4. The minimum absolute atomic E-state index is 0.0941. The van der Waals surface area contributed by atoms with Crippen LogP contribution in [0.25, 0.3) is 27.8 Å². The third kappa shape index (κ3) is 13.1. The average molecular weight is 1030 g/mol. The van der Waals surface area contributed by atoms with Crippen LogP contribution in [0.5, 0.6) is 0 Å². The van der Waals surface area contributed by atoms with Crippen LogP contribution < -0.4 is 0 Å². The Balaban J connectivity index is 0.000000172. The van der Waals surface area contributed by atoms with Crippen molar-refractivity contribution >= 4 is 5.57 Å². The highest BCUT2D eigenvalue weighted by molar-refractivity contribution is 5.82. The van der Waals surface area contributed by atoms with Gasteiger partial charge in [-0.1, -0.05) is 298 Å². The summed E-state index contributed by atoms with van der Waals surface area (Å²) in [7, 11) is 0. The zero-order valence-electron chi connectivity index (χ0n) is 50.4. The van der Waals surface area contributed by atoms with Crippen LogP contribution in [0.15, 0.2) is 200 Å². The van der Waals surface area contributed by atoms with Crippen molar-refractivity contribution in [2.45, 2.75) is 194 Å². The van der Waals surface area contributed by atoms with Crippen LogP contribution >= 0.6 is 0 Å². The normalized spacial score (nSPS) is 15.1. The van der Waals surface area contributed by atoms with Crippen LogP contribution in [-0.4, -0.2) is 0 Å². The van der Waals surface area contributed by atoms with Crippen molar-refractivity contribution in [2.75, 3.05) is 0 Å². The number of allylic oxidation sites excluding steroid dienone is 11. The second-order valence-corrected chi connectivity index (χ2v) is 27.0. The molecule has 0 bridgehead atoms. The van der Waals surface area contributed by atoms with E-state index in [0.717, 1.165) is 25.7 Å². The molecule has 0 nitrogen and oxygen atoms in total. The first-order chi connectivity index (χ1) is 37.1. The second-order valence-electron chi connectivity index (χ2n) is 27.0. The Hall–Kier alpha value is -6.24. The van der Waals surface area contributed by atoms with E-state index >= 15 is 0 Å². The molecule has 0 saturated carbocycles. The van der Waals surface area contributed by atoms with Gasteiger partial charge >= 0.3 is 0 Å². The van der Waals surface area contributed by atoms with Crippen molar-refractivity contribution in [2.24, 2.45) is 0 Å². The lowest BCUT2D eigenvalue weighted by atomic mass is 9.59. The Morgan fingerprint density at radius 1 is 0.500 bits per heavy atom. The number of benzene rings is 6. The fourth-order valence-electron chi connectivity index (χ4n) is 12.4. The number of fused-ring (bicyclic) bond motifs is 6. The molecule has 0 heteroatoms. The summed E-state index contributed by atoms with van der Waals surface area (Å²) in [4.78, 5) is 0. The minimum Gasteiger partial charge on any atom is -0.103 e. The van der Waals surface area contributed by atoms with Gasteiger partial charge in [-0.3, -0.25) is 0 Å². The highest BCUT2D eigenvalue weighted by Gasteiger charge is 2.49. The molecule has 0 heterocycles. The van der Waals surface area contributed by atoms with Crippen molar-refractivity contribution in [3.05, 3.63) is 255 Å². The molecule has 0 aromatic heterocycles. The maximum absolute atomic E-state index is 4.01. The summed E-state index contributed by atoms with van der Waals surface area (Å²) in [6.45, 7) is 34.0. The van der Waals surface area contributed by atoms with Gasteiger partial charge in [0.05, 0.1) is 0 Å². The van der Waals surface area contributed by atoms with Crippen LogP contribution in [0.3, 0.4) is 0 Å². The van der Waals surface area contributed by atoms with Crippen molar-refractivity contribution in [1.82, 2.24) is 0 Å². The number of rotatable bonds is 14. The number of hydrogen-bond donors (Lipinski definition) is 0. The first kappa shape index (κ1) is 57.9. The Kier molecular flexibility index (Phi) is 18.1. The molecule has 4 aliphatic rings. The molecule has 0 spiro atoms. The highest BCUT2D eigenvalue weighted by Crippen LogP contribution is 2.60. The summed E-state index contributed by atoms with van der Waals surface area (Å²) < 4.78 is 0. The molecule has 1 atom stereocenters. The molecule has 0 radical (unpaired) electrons. The average Bonchev–Trinajstić information content (AvgIpc) is 4.35. The summed E-state index contributed by atoms with van der Waals surface area (Å²) >= 11 is 0. The molecule has 10 rings (SSSR count). The van der Waals surface area contributed by atoms with Gasteiger partial charge in [-0.05, 0) is 161 Å². The van der Waals surface area contributed by atoms with Gasteiger partial charge < -0.3 is 0 Å². The lowest BCUT2D eigenvalue weighted by molar-refractivity contribution is 0.403. The minimum atomic E-state index is -0.136. The molecule has 0 N–H and O–H groups in total. The zero-order valence-corrected chi connectivity index (χ0v) is 50.4. The van der Waals surface area contributed by atoms with E-state index in [0.29, 0.717) is 0 Å². The van der Waals surface area contributed by atoms with Crippen LogP contribution in [0.2, 0.25) is 0 Å². The largest absolute Gasteiger partial charge is 0.103 e. The van der Waals surface area contributed by atoms with Crippen LogP contribution in [0, 0.1) is 0 Å². The zero-order chi connectivity index (χ0) is 55.9. The van der Waals surface area contributed by atoms with Crippen LogP contribution in [-0.2, 0) is 33.5 Å². The monoisotopic (exact) mass is 1030 g/mol. The number of hydrogen-bond acceptors (Lipinski definition) is 0. The Labute approximate surface area is 474 Å². The van der Waals surface area contributed by atoms with Crippen molar-refractivity contribution in [1.29, 1.82) is 0 Å². The third-order valence-electron chi connectivity index (χ3n) is 17.1. The molecular formula is C78H94. The summed E-state index contributed by atoms with van der Waals surface area (Å²) in [5, 5.41) is 0. The fraction of sp³-hybridized carbons (Fsp3) is 0.385. The van der Waals surface area contributed by atoms with E-state index in [1.165, 1.54) is 140 Å². The standard InChI is InChI=1S/C39H46.C21H26.C18H22/c1-8-9-10-16-25-39(29-19-14-15-20-29,28-17-12-11-13-18-28)36-34-26-30(37(2,3)4)21-23-32(34)33-24-22-31(27-35(33)36)38(5,6)7;1-20(2,3)16-7-9-18-14(12-16)11-15-13-17(21(4,5)6)8-10-19(15)18;1-2-3-4-8-15-18(17-13-9-10-14-17)16-11-6-5-7-12-16/h8,11-14,17-24,26-27,36H,1,9-10,15-16,25H2,2-7H3;7-10,12-13H,11H2,1-6H3;5-7,9-14H,2-4,8,15H2,1H3. The van der Waals surface area contributed by atoms with E-state index in [2.05, 4.69) is 279 Å². The lowest BCUT2D eigenvalue weighted by Gasteiger charge is -2.43. The van der Waals surface area contributed by atoms with Crippen LogP contribution in [0.4, 0.5) is 0 Å². The van der Waals surface area contributed by atoms with Gasteiger partial charge in [0.15, 0.2) is 0 Å². The molecule has 1 unspecified atom stereocenters. The third-order valence-corrected chi connectivity index (χ3v) is 17.1. The Morgan fingerprint density at radius 3 is 1.45 bits per heavy atom. The first-order valence-corrected chi connectivity index (χ1v) is 29.9. The van der Waals surface area contributed by atoms with E-state index in [4.69, 9.17) is 0 Å².